The Labute approximate surface area is 69.8 Å². The fraction of sp³-hybridized carbons (Fsp3) is 0.429. The van der Waals surface area contributed by atoms with Gasteiger partial charge in [-0.15, -0.1) is 0 Å². The lowest BCUT2D eigenvalue weighted by atomic mass is 10.1. The maximum atomic E-state index is 10.9. The van der Waals surface area contributed by atoms with Crippen LogP contribution in [-0.2, 0) is 14.3 Å². The van der Waals surface area contributed by atoms with Gasteiger partial charge >= 0.3 is 5.97 Å². The normalized spacial score (nSPS) is 11.9. The van der Waals surface area contributed by atoms with Crippen LogP contribution in [-0.4, -0.2) is 30.6 Å². The van der Waals surface area contributed by atoms with Gasteiger partial charge in [0, 0.05) is 5.70 Å². The number of hydrogen-bond donors (Lipinski definition) is 2. The molecule has 5 heteroatoms. The van der Waals surface area contributed by atoms with E-state index in [1.165, 1.54) is 6.92 Å². The molecule has 0 fully saturated rings. The molecule has 0 amide bonds. The van der Waals surface area contributed by atoms with Gasteiger partial charge < -0.3 is 15.6 Å². The molecule has 0 atom stereocenters. The lowest BCUT2D eigenvalue weighted by Gasteiger charge is -2.03. The molecule has 5 nitrogen and oxygen atoms in total. The molecule has 12 heavy (non-hydrogen) atoms. The van der Waals surface area contributed by atoms with Crippen molar-refractivity contribution in [2.24, 2.45) is 5.73 Å². The van der Waals surface area contributed by atoms with E-state index in [9.17, 15) is 9.59 Å². The summed E-state index contributed by atoms with van der Waals surface area (Å²) in [5.74, 6) is -1.56. The van der Waals surface area contributed by atoms with Gasteiger partial charge in [0.1, 0.15) is 12.2 Å². The van der Waals surface area contributed by atoms with Gasteiger partial charge in [-0.25, -0.2) is 4.79 Å². The second-order valence-corrected chi connectivity index (χ2v) is 2.13. The minimum absolute atomic E-state index is 0.0425. The molecule has 3 N–H and O–H groups in total. The average Bonchev–Trinajstić information content (AvgIpc) is 2.03. The first-order chi connectivity index (χ1) is 5.54. The number of Topliss-reactive ketones (excluding diaryl/α,β-unsaturated/α-hetero) is 1. The number of esters is 1. The number of rotatable bonds is 3. The van der Waals surface area contributed by atoms with E-state index >= 15 is 0 Å². The van der Waals surface area contributed by atoms with Crippen molar-refractivity contribution >= 4 is 11.8 Å². The largest absolute Gasteiger partial charge is 0.465 e. The van der Waals surface area contributed by atoms with Crippen molar-refractivity contribution in [3.05, 3.63) is 11.3 Å². The second kappa shape index (κ2) is 4.50. The van der Waals surface area contributed by atoms with Crippen molar-refractivity contribution < 1.29 is 19.4 Å². The maximum Gasteiger partial charge on any atom is 0.343 e. The Kier molecular flexibility index (Phi) is 3.99. The van der Waals surface area contributed by atoms with Crippen LogP contribution in [0.25, 0.3) is 0 Å². The van der Waals surface area contributed by atoms with Gasteiger partial charge in [0.2, 0.25) is 0 Å². The third-order valence-electron chi connectivity index (χ3n) is 1.21. The molecule has 0 saturated heterocycles. The molecule has 0 aliphatic heterocycles. The molecule has 0 heterocycles. The summed E-state index contributed by atoms with van der Waals surface area (Å²) in [6.07, 6.45) is 0. The highest BCUT2D eigenvalue weighted by Gasteiger charge is 2.19. The Hall–Kier alpha value is -1.36. The van der Waals surface area contributed by atoms with Crippen molar-refractivity contribution in [2.75, 3.05) is 13.7 Å². The van der Waals surface area contributed by atoms with E-state index < -0.39 is 18.4 Å². The molecular weight excluding hydrogens is 162 g/mol. The lowest BCUT2D eigenvalue weighted by molar-refractivity contribution is -0.138. The number of aliphatic hydroxyl groups excluding tert-OH is 1. The summed E-state index contributed by atoms with van der Waals surface area (Å²) in [4.78, 5) is 21.7. The molecule has 0 spiro atoms. The molecule has 0 saturated carbocycles. The van der Waals surface area contributed by atoms with Crippen LogP contribution in [0.1, 0.15) is 6.92 Å². The molecule has 0 aliphatic carbocycles. The van der Waals surface area contributed by atoms with E-state index in [0.29, 0.717) is 0 Å². The Bertz CT molecular complexity index is 210. The number of nitrogens with two attached hydrogens (primary N) is 1. The quantitative estimate of drug-likeness (QED) is 0.246. The monoisotopic (exact) mass is 173 g/mol. The van der Waals surface area contributed by atoms with E-state index in [2.05, 4.69) is 4.74 Å². The fourth-order valence-corrected chi connectivity index (χ4v) is 0.676. The lowest BCUT2D eigenvalue weighted by Crippen LogP contribution is -2.21. The SMILES string of the molecule is COC(=O)/C(C(=O)CO)=C(/C)N. The molecule has 0 aromatic rings. The van der Waals surface area contributed by atoms with Gasteiger partial charge in [-0.3, -0.25) is 4.79 Å². The highest BCUT2D eigenvalue weighted by molar-refractivity contribution is 6.18. The van der Waals surface area contributed by atoms with E-state index in [1.54, 1.807) is 0 Å². The van der Waals surface area contributed by atoms with Gasteiger partial charge in [0.05, 0.1) is 7.11 Å². The maximum absolute atomic E-state index is 10.9. The minimum Gasteiger partial charge on any atom is -0.465 e. The van der Waals surface area contributed by atoms with Crippen LogP contribution >= 0.6 is 0 Å². The van der Waals surface area contributed by atoms with E-state index in [1.807, 2.05) is 0 Å². The molecule has 0 rings (SSSR count). The van der Waals surface area contributed by atoms with Gasteiger partial charge in [-0.2, -0.15) is 0 Å². The van der Waals surface area contributed by atoms with Crippen molar-refractivity contribution in [1.82, 2.24) is 0 Å². The van der Waals surface area contributed by atoms with Crippen molar-refractivity contribution in [3.63, 3.8) is 0 Å². The number of methoxy groups -OCH3 is 1. The highest BCUT2D eigenvalue weighted by atomic mass is 16.5. The van der Waals surface area contributed by atoms with Crippen LogP contribution in [0.3, 0.4) is 0 Å². The van der Waals surface area contributed by atoms with E-state index in [-0.39, 0.29) is 11.3 Å². The first-order valence-corrected chi connectivity index (χ1v) is 3.23. The summed E-state index contributed by atoms with van der Waals surface area (Å²) in [7, 11) is 1.13. The number of ketones is 1. The Morgan fingerprint density at radius 1 is 1.50 bits per heavy atom. The zero-order chi connectivity index (χ0) is 9.72. The summed E-state index contributed by atoms with van der Waals surface area (Å²) in [6, 6.07) is 0. The number of carbonyl (C=O) groups excluding carboxylic acids is 2. The number of allylic oxidation sites excluding steroid dienone is 1. The van der Waals surface area contributed by atoms with Gasteiger partial charge in [-0.05, 0) is 6.92 Å². The zero-order valence-electron chi connectivity index (χ0n) is 6.96. The van der Waals surface area contributed by atoms with Crippen LogP contribution in [0.4, 0.5) is 0 Å². The summed E-state index contributed by atoms with van der Waals surface area (Å²) in [5.41, 5.74) is 4.99. The Balaban J connectivity index is 4.83. The second-order valence-electron chi connectivity index (χ2n) is 2.13. The molecule has 0 bridgehead atoms. The Morgan fingerprint density at radius 2 is 2.00 bits per heavy atom. The summed E-state index contributed by atoms with van der Waals surface area (Å²) >= 11 is 0. The number of aliphatic hydroxyl groups is 1. The summed E-state index contributed by atoms with van der Waals surface area (Å²) in [5, 5.41) is 8.45. The third kappa shape index (κ3) is 2.35. The summed E-state index contributed by atoms with van der Waals surface area (Å²) in [6.45, 7) is 0.638. The van der Waals surface area contributed by atoms with Crippen LogP contribution in [0, 0.1) is 0 Å². The van der Waals surface area contributed by atoms with Crippen molar-refractivity contribution in [2.45, 2.75) is 6.92 Å². The highest BCUT2D eigenvalue weighted by Crippen LogP contribution is 2.02. The first-order valence-electron chi connectivity index (χ1n) is 3.23. The molecular formula is C7H11NO4. The number of hydrogen-bond acceptors (Lipinski definition) is 5. The molecule has 0 unspecified atom stereocenters. The first kappa shape index (κ1) is 10.6. The number of carbonyl (C=O) groups is 2. The topological polar surface area (TPSA) is 89.6 Å². The standard InChI is InChI=1S/C7H11NO4/c1-4(8)6(5(10)3-9)7(11)12-2/h9H,3,8H2,1-2H3/b6-4-. The fourth-order valence-electron chi connectivity index (χ4n) is 0.676. The molecule has 0 aromatic carbocycles. The van der Waals surface area contributed by atoms with Crippen LogP contribution in [0.5, 0.6) is 0 Å². The van der Waals surface area contributed by atoms with Crippen LogP contribution in [0.2, 0.25) is 0 Å². The number of ether oxygens (including phenoxy) is 1. The van der Waals surface area contributed by atoms with Gasteiger partial charge in [0.15, 0.2) is 5.78 Å². The third-order valence-corrected chi connectivity index (χ3v) is 1.21. The van der Waals surface area contributed by atoms with Gasteiger partial charge in [0.25, 0.3) is 0 Å². The van der Waals surface area contributed by atoms with Crippen LogP contribution < -0.4 is 5.73 Å². The van der Waals surface area contributed by atoms with E-state index in [4.69, 9.17) is 10.8 Å². The molecule has 0 aromatic heterocycles. The van der Waals surface area contributed by atoms with Crippen molar-refractivity contribution in [1.29, 1.82) is 0 Å². The zero-order valence-corrected chi connectivity index (χ0v) is 6.96. The van der Waals surface area contributed by atoms with Crippen molar-refractivity contribution in [3.8, 4) is 0 Å². The average molecular weight is 173 g/mol. The van der Waals surface area contributed by atoms with E-state index in [0.717, 1.165) is 7.11 Å². The molecule has 0 aliphatic rings. The smallest absolute Gasteiger partial charge is 0.343 e. The summed E-state index contributed by atoms with van der Waals surface area (Å²) < 4.78 is 4.29. The minimum atomic E-state index is -0.825. The molecule has 0 radical (unpaired) electrons. The predicted octanol–water partition coefficient (Wildman–Crippen LogP) is -1.05. The molecule has 68 valence electrons. The van der Waals surface area contributed by atoms with Gasteiger partial charge in [-0.1, -0.05) is 0 Å². The predicted molar refractivity (Wildman–Crippen MR) is 41.0 cm³/mol. The van der Waals surface area contributed by atoms with Crippen LogP contribution in [0.15, 0.2) is 11.3 Å². The Morgan fingerprint density at radius 3 is 2.25 bits per heavy atom.